The van der Waals surface area contributed by atoms with Crippen LogP contribution in [-0.4, -0.2) is 31.6 Å². The van der Waals surface area contributed by atoms with Crippen molar-refractivity contribution >= 4 is 27.7 Å². The first kappa shape index (κ1) is 18.9. The summed E-state index contributed by atoms with van der Waals surface area (Å²) in [5, 5.41) is 5.73. The highest BCUT2D eigenvalue weighted by atomic mass is 79.9. The maximum absolute atomic E-state index is 12.6. The second kappa shape index (κ2) is 7.87. The van der Waals surface area contributed by atoms with Gasteiger partial charge < -0.3 is 24.5 Å². The van der Waals surface area contributed by atoms with Crippen LogP contribution in [0.2, 0.25) is 0 Å². The molecule has 8 heteroatoms. The SMILES string of the molecule is O=C(CNC(=O)c1ccc(Br)o1)NC1(c2ccc3c(c2)OCCO3)CCCC1. The Kier molecular flexibility index (Phi) is 5.30. The number of fused-ring (bicyclic) bond motifs is 1. The van der Waals surface area contributed by atoms with Gasteiger partial charge in [0.1, 0.15) is 13.2 Å². The topological polar surface area (TPSA) is 89.8 Å². The summed E-state index contributed by atoms with van der Waals surface area (Å²) in [4.78, 5) is 24.7. The normalized spacial score (nSPS) is 17.2. The first-order chi connectivity index (χ1) is 13.6. The minimum Gasteiger partial charge on any atom is -0.486 e. The van der Waals surface area contributed by atoms with Crippen LogP contribution in [-0.2, 0) is 10.3 Å². The average molecular weight is 449 g/mol. The van der Waals surface area contributed by atoms with Crippen molar-refractivity contribution in [3.63, 3.8) is 0 Å². The highest BCUT2D eigenvalue weighted by Crippen LogP contribution is 2.42. The lowest BCUT2D eigenvalue weighted by molar-refractivity contribution is -0.122. The molecule has 1 aromatic heterocycles. The smallest absolute Gasteiger partial charge is 0.287 e. The minimum atomic E-state index is -0.453. The molecule has 1 saturated carbocycles. The second-order valence-corrected chi connectivity index (χ2v) is 7.76. The van der Waals surface area contributed by atoms with E-state index < -0.39 is 11.4 Å². The Bertz CT molecular complexity index is 888. The van der Waals surface area contributed by atoms with Gasteiger partial charge in [-0.2, -0.15) is 0 Å². The van der Waals surface area contributed by atoms with Gasteiger partial charge in [0.2, 0.25) is 5.91 Å². The Labute approximate surface area is 170 Å². The molecule has 0 saturated heterocycles. The van der Waals surface area contributed by atoms with Gasteiger partial charge in [-0.3, -0.25) is 9.59 Å². The summed E-state index contributed by atoms with van der Waals surface area (Å²) in [5.41, 5.74) is 0.551. The van der Waals surface area contributed by atoms with Crippen LogP contribution in [0.15, 0.2) is 39.4 Å². The lowest BCUT2D eigenvalue weighted by Gasteiger charge is -2.32. The third-order valence-corrected chi connectivity index (χ3v) is 5.56. The number of nitrogens with one attached hydrogen (secondary N) is 2. The number of ether oxygens (including phenoxy) is 2. The molecule has 1 aliphatic carbocycles. The second-order valence-electron chi connectivity index (χ2n) is 6.98. The fraction of sp³-hybridized carbons (Fsp3) is 0.400. The van der Waals surface area contributed by atoms with E-state index in [0.29, 0.717) is 23.6 Å². The number of furan rings is 1. The Hall–Kier alpha value is -2.48. The van der Waals surface area contributed by atoms with Crippen molar-refractivity contribution in [2.75, 3.05) is 19.8 Å². The van der Waals surface area contributed by atoms with Crippen molar-refractivity contribution in [2.24, 2.45) is 0 Å². The van der Waals surface area contributed by atoms with Crippen molar-refractivity contribution < 1.29 is 23.5 Å². The van der Waals surface area contributed by atoms with Crippen LogP contribution < -0.4 is 20.1 Å². The van der Waals surface area contributed by atoms with Gasteiger partial charge in [0.05, 0.1) is 12.1 Å². The molecule has 2 N–H and O–H groups in total. The molecule has 2 aliphatic rings. The minimum absolute atomic E-state index is 0.122. The van der Waals surface area contributed by atoms with Gasteiger partial charge in [0, 0.05) is 0 Å². The lowest BCUT2D eigenvalue weighted by Crippen LogP contribution is -2.47. The van der Waals surface area contributed by atoms with Crippen molar-refractivity contribution in [3.8, 4) is 11.5 Å². The van der Waals surface area contributed by atoms with E-state index in [0.717, 1.165) is 37.0 Å². The van der Waals surface area contributed by atoms with Crippen LogP contribution in [0.1, 0.15) is 41.8 Å². The molecule has 1 fully saturated rings. The number of halogens is 1. The number of carbonyl (C=O) groups is 2. The molecule has 2 amide bonds. The van der Waals surface area contributed by atoms with Crippen LogP contribution in [0.25, 0.3) is 0 Å². The molecule has 0 atom stereocenters. The summed E-state index contributed by atoms with van der Waals surface area (Å²) in [5.74, 6) is 0.922. The number of carbonyl (C=O) groups excluding carboxylic acids is 2. The number of amides is 2. The maximum Gasteiger partial charge on any atom is 0.287 e. The summed E-state index contributed by atoms with van der Waals surface area (Å²) in [6.07, 6.45) is 3.75. The Morgan fingerprint density at radius 2 is 1.79 bits per heavy atom. The van der Waals surface area contributed by atoms with Crippen molar-refractivity contribution in [1.82, 2.24) is 10.6 Å². The standard InChI is InChI=1S/C20H21BrN2O5/c21-17-6-5-15(28-17)19(25)22-12-18(24)23-20(7-1-2-8-20)13-3-4-14-16(11-13)27-10-9-26-14/h3-6,11H,1-2,7-10,12H2,(H,22,25)(H,23,24). The van der Waals surface area contributed by atoms with Gasteiger partial charge in [0.15, 0.2) is 21.9 Å². The van der Waals surface area contributed by atoms with E-state index in [1.54, 1.807) is 12.1 Å². The molecular formula is C20H21BrN2O5. The van der Waals surface area contributed by atoms with Gasteiger partial charge >= 0.3 is 0 Å². The monoisotopic (exact) mass is 448 g/mol. The van der Waals surface area contributed by atoms with Crippen molar-refractivity contribution in [2.45, 2.75) is 31.2 Å². The predicted molar refractivity (Wildman–Crippen MR) is 104 cm³/mol. The zero-order valence-corrected chi connectivity index (χ0v) is 16.8. The van der Waals surface area contributed by atoms with Crippen LogP contribution in [0.3, 0.4) is 0 Å². The quantitative estimate of drug-likeness (QED) is 0.733. The third kappa shape index (κ3) is 3.87. The molecule has 2 aromatic rings. The first-order valence-corrected chi connectivity index (χ1v) is 10.1. The van der Waals surface area contributed by atoms with Crippen LogP contribution in [0.5, 0.6) is 11.5 Å². The van der Waals surface area contributed by atoms with E-state index in [1.165, 1.54) is 0 Å². The van der Waals surface area contributed by atoms with Gasteiger partial charge in [0.25, 0.3) is 5.91 Å². The molecule has 0 spiro atoms. The summed E-state index contributed by atoms with van der Waals surface area (Å²) >= 11 is 3.15. The molecule has 0 bridgehead atoms. The zero-order valence-electron chi connectivity index (χ0n) is 15.3. The van der Waals surface area contributed by atoms with E-state index in [1.807, 2.05) is 18.2 Å². The fourth-order valence-electron chi connectivity index (χ4n) is 3.80. The van der Waals surface area contributed by atoms with Gasteiger partial charge in [-0.1, -0.05) is 18.9 Å². The predicted octanol–water partition coefficient (Wildman–Crippen LogP) is 3.13. The van der Waals surface area contributed by atoms with Crippen molar-refractivity contribution in [1.29, 1.82) is 0 Å². The number of hydrogen-bond donors (Lipinski definition) is 2. The number of benzene rings is 1. The maximum atomic E-state index is 12.6. The molecule has 2 heterocycles. The van der Waals surface area contributed by atoms with E-state index in [4.69, 9.17) is 13.9 Å². The molecule has 0 radical (unpaired) electrons. The number of rotatable bonds is 5. The summed E-state index contributed by atoms with van der Waals surface area (Å²) in [6.45, 7) is 0.939. The van der Waals surface area contributed by atoms with E-state index in [9.17, 15) is 9.59 Å². The summed E-state index contributed by atoms with van der Waals surface area (Å²) < 4.78 is 17.0. The molecule has 0 unspecified atom stereocenters. The molecule has 1 aliphatic heterocycles. The van der Waals surface area contributed by atoms with E-state index in [2.05, 4.69) is 26.6 Å². The highest BCUT2D eigenvalue weighted by molar-refractivity contribution is 9.10. The summed E-state index contributed by atoms with van der Waals surface area (Å²) in [6, 6.07) is 9.01. The summed E-state index contributed by atoms with van der Waals surface area (Å²) in [7, 11) is 0. The van der Waals surface area contributed by atoms with E-state index in [-0.39, 0.29) is 18.2 Å². The Morgan fingerprint density at radius 1 is 1.04 bits per heavy atom. The van der Waals surface area contributed by atoms with Gasteiger partial charge in [-0.25, -0.2) is 0 Å². The van der Waals surface area contributed by atoms with Gasteiger partial charge in [-0.15, -0.1) is 0 Å². The van der Waals surface area contributed by atoms with E-state index >= 15 is 0 Å². The fourth-order valence-corrected chi connectivity index (χ4v) is 4.11. The first-order valence-electron chi connectivity index (χ1n) is 9.30. The third-order valence-electron chi connectivity index (χ3n) is 5.14. The molecule has 28 heavy (non-hydrogen) atoms. The van der Waals surface area contributed by atoms with Crippen LogP contribution in [0.4, 0.5) is 0 Å². The number of hydrogen-bond acceptors (Lipinski definition) is 5. The van der Waals surface area contributed by atoms with Crippen molar-refractivity contribution in [3.05, 3.63) is 46.3 Å². The molecule has 1 aromatic carbocycles. The zero-order chi connectivity index (χ0) is 19.6. The Balaban J connectivity index is 1.44. The van der Waals surface area contributed by atoms with Gasteiger partial charge in [-0.05, 0) is 58.6 Å². The van der Waals surface area contributed by atoms with Crippen LogP contribution >= 0.6 is 15.9 Å². The molecule has 7 nitrogen and oxygen atoms in total. The largest absolute Gasteiger partial charge is 0.486 e. The molecule has 148 valence electrons. The molecular weight excluding hydrogens is 428 g/mol. The average Bonchev–Trinajstić information content (AvgIpc) is 3.35. The van der Waals surface area contributed by atoms with Crippen LogP contribution in [0, 0.1) is 0 Å². The highest BCUT2D eigenvalue weighted by Gasteiger charge is 2.37. The lowest BCUT2D eigenvalue weighted by atomic mass is 9.87. The molecule has 4 rings (SSSR count). The Morgan fingerprint density at radius 3 is 2.50 bits per heavy atom.